The molecule has 0 saturated heterocycles. The lowest BCUT2D eigenvalue weighted by Crippen LogP contribution is -2.13. The van der Waals surface area contributed by atoms with Gasteiger partial charge in [0.1, 0.15) is 5.75 Å². The molecule has 0 amide bonds. The first-order valence-electron chi connectivity index (χ1n) is 7.72. The fraction of sp³-hybridized carbons (Fsp3) is 0.118. The van der Waals surface area contributed by atoms with Gasteiger partial charge < -0.3 is 4.74 Å². The van der Waals surface area contributed by atoms with Gasteiger partial charge in [0.25, 0.3) is 5.82 Å². The van der Waals surface area contributed by atoms with Crippen LogP contribution in [0.5, 0.6) is 11.8 Å². The Kier molecular flexibility index (Phi) is 5.51. The lowest BCUT2D eigenvalue weighted by molar-refractivity contribution is -0.147. The van der Waals surface area contributed by atoms with Crippen molar-refractivity contribution in [1.29, 1.82) is 0 Å². The van der Waals surface area contributed by atoms with Crippen LogP contribution in [0.3, 0.4) is 0 Å². The van der Waals surface area contributed by atoms with E-state index < -0.39 is 29.8 Å². The van der Waals surface area contributed by atoms with Gasteiger partial charge in [-0.1, -0.05) is 34.9 Å². The first-order valence-corrected chi connectivity index (χ1v) is 8.09. The summed E-state index contributed by atoms with van der Waals surface area (Å²) in [6.45, 7) is 0. The lowest BCUT2D eigenvalue weighted by Gasteiger charge is -2.10. The van der Waals surface area contributed by atoms with E-state index in [2.05, 4.69) is 15.3 Å². The van der Waals surface area contributed by atoms with Gasteiger partial charge in [-0.15, -0.1) is 5.10 Å². The Balaban J connectivity index is 1.97. The zero-order chi connectivity index (χ0) is 21.2. The number of hydrogen-bond acceptors (Lipinski definition) is 4. The minimum absolute atomic E-state index is 0.245. The second kappa shape index (κ2) is 7.74. The average Bonchev–Trinajstić information content (AvgIpc) is 3.04. The zero-order valence-corrected chi connectivity index (χ0v) is 14.8. The summed E-state index contributed by atoms with van der Waals surface area (Å²) in [5.74, 6) is -1.89. The fourth-order valence-corrected chi connectivity index (χ4v) is 2.25. The summed E-state index contributed by atoms with van der Waals surface area (Å²) in [5, 5.41) is 10.3. The molecule has 0 aliphatic rings. The van der Waals surface area contributed by atoms with Gasteiger partial charge in [-0.3, -0.25) is 0 Å². The summed E-state index contributed by atoms with van der Waals surface area (Å²) in [6.07, 6.45) is -8.52. The van der Waals surface area contributed by atoms with Gasteiger partial charge in [-0.25, -0.2) is 0 Å². The number of halogens is 7. The van der Waals surface area contributed by atoms with Gasteiger partial charge in [-0.05, 0) is 35.9 Å². The number of hydrogen-bond donors (Lipinski definition) is 0. The van der Waals surface area contributed by atoms with Crippen molar-refractivity contribution in [2.45, 2.75) is 12.4 Å². The molecule has 0 bridgehead atoms. The lowest BCUT2D eigenvalue weighted by atomic mass is 10.2. The van der Waals surface area contributed by atoms with Crippen molar-refractivity contribution in [1.82, 2.24) is 14.9 Å². The van der Waals surface area contributed by atoms with Crippen molar-refractivity contribution >= 4 is 17.8 Å². The van der Waals surface area contributed by atoms with Gasteiger partial charge in [0, 0.05) is 5.02 Å². The van der Waals surface area contributed by atoms with Crippen molar-refractivity contribution in [3.8, 4) is 11.8 Å². The Labute approximate surface area is 164 Å². The first-order chi connectivity index (χ1) is 13.5. The molecule has 0 aliphatic heterocycles. The molecule has 3 aromatic rings. The molecule has 1 heterocycles. The van der Waals surface area contributed by atoms with Crippen LogP contribution in [0.1, 0.15) is 17.0 Å². The van der Waals surface area contributed by atoms with Crippen molar-refractivity contribution in [3.05, 3.63) is 70.5 Å². The summed E-state index contributed by atoms with van der Waals surface area (Å²) in [6, 6.07) is 8.81. The predicted octanol–water partition coefficient (Wildman–Crippen LogP) is 5.64. The Bertz CT molecular complexity index is 1030. The molecule has 3 rings (SSSR count). The third kappa shape index (κ3) is 5.05. The molecule has 12 heteroatoms. The van der Waals surface area contributed by atoms with Gasteiger partial charge in [0.2, 0.25) is 0 Å². The Hall–Kier alpha value is -3.08. The summed E-state index contributed by atoms with van der Waals surface area (Å²) >= 11 is 5.74. The maximum Gasteiger partial charge on any atom is 0.453 e. The molecular formula is C17H9ClF6N4O. The number of rotatable bonds is 4. The number of ether oxygens (including phenoxy) is 1. The van der Waals surface area contributed by atoms with E-state index in [1.165, 1.54) is 24.3 Å². The molecule has 152 valence electrons. The molecule has 0 aliphatic carbocycles. The molecule has 0 unspecified atom stereocenters. The molecule has 0 N–H and O–H groups in total. The molecule has 0 saturated carbocycles. The van der Waals surface area contributed by atoms with Crippen LogP contribution < -0.4 is 4.74 Å². The standard InChI is InChI=1S/C17H9ClF6N4O/c18-12-6-4-10(5-7-12)9-25-28-14(17(22,23)24)26-27-15(28)29-13-3-1-2-11(8-13)16(19,20)21/h1-9H/b25-9+. The van der Waals surface area contributed by atoms with Crippen LogP contribution in [0, 0.1) is 0 Å². The minimum Gasteiger partial charge on any atom is -0.423 e. The van der Waals surface area contributed by atoms with E-state index in [4.69, 9.17) is 16.3 Å². The Morgan fingerprint density at radius 1 is 0.931 bits per heavy atom. The zero-order valence-electron chi connectivity index (χ0n) is 14.0. The largest absolute Gasteiger partial charge is 0.453 e. The molecule has 0 radical (unpaired) electrons. The number of nitrogens with zero attached hydrogens (tertiary/aromatic N) is 4. The van der Waals surface area contributed by atoms with Crippen molar-refractivity contribution < 1.29 is 31.1 Å². The normalized spacial score (nSPS) is 12.5. The van der Waals surface area contributed by atoms with Crippen LogP contribution in [-0.4, -0.2) is 21.1 Å². The van der Waals surface area contributed by atoms with Crippen molar-refractivity contribution in [2.24, 2.45) is 5.10 Å². The monoisotopic (exact) mass is 434 g/mol. The van der Waals surface area contributed by atoms with Gasteiger partial charge in [-0.2, -0.15) is 36.1 Å². The predicted molar refractivity (Wildman–Crippen MR) is 91.0 cm³/mol. The molecule has 5 nitrogen and oxygen atoms in total. The molecular weight excluding hydrogens is 426 g/mol. The summed E-state index contributed by atoms with van der Waals surface area (Å²) in [4.78, 5) is 0. The van der Waals surface area contributed by atoms with Crippen LogP contribution in [0.25, 0.3) is 0 Å². The highest BCUT2D eigenvalue weighted by molar-refractivity contribution is 6.30. The third-order valence-electron chi connectivity index (χ3n) is 3.43. The summed E-state index contributed by atoms with van der Waals surface area (Å²) in [7, 11) is 0. The fourth-order valence-electron chi connectivity index (χ4n) is 2.12. The van der Waals surface area contributed by atoms with E-state index in [9.17, 15) is 26.3 Å². The van der Waals surface area contributed by atoms with Gasteiger partial charge >= 0.3 is 18.4 Å². The number of benzene rings is 2. The van der Waals surface area contributed by atoms with E-state index in [0.717, 1.165) is 24.4 Å². The molecule has 29 heavy (non-hydrogen) atoms. The second-order valence-electron chi connectivity index (χ2n) is 5.54. The quantitative estimate of drug-likeness (QED) is 0.394. The molecule has 1 aromatic heterocycles. The first kappa shape index (κ1) is 20.6. The number of aromatic nitrogens is 3. The summed E-state index contributed by atoms with van der Waals surface area (Å²) < 4.78 is 83.3. The maximum absolute atomic E-state index is 13.2. The topological polar surface area (TPSA) is 52.3 Å². The van der Waals surface area contributed by atoms with Crippen LogP contribution in [-0.2, 0) is 12.4 Å². The van der Waals surface area contributed by atoms with E-state index >= 15 is 0 Å². The van der Waals surface area contributed by atoms with E-state index in [-0.39, 0.29) is 10.4 Å². The van der Waals surface area contributed by atoms with E-state index in [0.29, 0.717) is 16.7 Å². The number of alkyl halides is 6. The smallest absolute Gasteiger partial charge is 0.423 e. The third-order valence-corrected chi connectivity index (χ3v) is 3.68. The Morgan fingerprint density at radius 3 is 2.24 bits per heavy atom. The second-order valence-corrected chi connectivity index (χ2v) is 5.98. The highest BCUT2D eigenvalue weighted by Crippen LogP contribution is 2.34. The average molecular weight is 435 g/mol. The van der Waals surface area contributed by atoms with Gasteiger partial charge in [0.15, 0.2) is 0 Å². The van der Waals surface area contributed by atoms with Gasteiger partial charge in [0.05, 0.1) is 11.8 Å². The van der Waals surface area contributed by atoms with Crippen LogP contribution in [0.2, 0.25) is 5.02 Å². The van der Waals surface area contributed by atoms with Crippen molar-refractivity contribution in [3.63, 3.8) is 0 Å². The maximum atomic E-state index is 13.2. The van der Waals surface area contributed by atoms with Crippen LogP contribution in [0.15, 0.2) is 53.6 Å². The highest BCUT2D eigenvalue weighted by Gasteiger charge is 2.39. The van der Waals surface area contributed by atoms with Crippen LogP contribution in [0.4, 0.5) is 26.3 Å². The molecule has 0 spiro atoms. The minimum atomic E-state index is -4.93. The molecule has 0 fully saturated rings. The van der Waals surface area contributed by atoms with E-state index in [1.807, 2.05) is 0 Å². The van der Waals surface area contributed by atoms with Crippen LogP contribution >= 0.6 is 11.6 Å². The molecule has 0 atom stereocenters. The SMILES string of the molecule is FC(F)(F)c1cccc(Oc2nnc(C(F)(F)F)n2/N=C/c2ccc(Cl)cc2)c1. The highest BCUT2D eigenvalue weighted by atomic mass is 35.5. The summed E-state index contributed by atoms with van der Waals surface area (Å²) in [5.41, 5.74) is -0.636. The van der Waals surface area contributed by atoms with E-state index in [1.54, 1.807) is 0 Å². The Morgan fingerprint density at radius 2 is 1.62 bits per heavy atom. The van der Waals surface area contributed by atoms with Crippen molar-refractivity contribution in [2.75, 3.05) is 0 Å². The molecule has 2 aromatic carbocycles.